The zero-order valence-electron chi connectivity index (χ0n) is 19.4. The number of pyridine rings is 1. The van der Waals surface area contributed by atoms with Crippen LogP contribution in [-0.2, 0) is 4.79 Å². The van der Waals surface area contributed by atoms with E-state index in [2.05, 4.69) is 25.9 Å². The van der Waals surface area contributed by atoms with E-state index in [1.54, 1.807) is 19.3 Å². The molecule has 1 aromatic heterocycles. The van der Waals surface area contributed by atoms with Crippen LogP contribution in [0, 0.1) is 6.92 Å². The number of carbonyl (C=O) groups excluding carboxylic acids is 1. The first-order chi connectivity index (χ1) is 15.0. The Kier molecular flexibility index (Phi) is 12.4. The largest absolute Gasteiger partial charge is 0.490 e. The van der Waals surface area contributed by atoms with Crippen LogP contribution in [-0.4, -0.2) is 43.7 Å². The number of aliphatic imine (C=N–C) groups is 1. The summed E-state index contributed by atoms with van der Waals surface area (Å²) in [4.78, 5) is 20.5. The number of halogens is 1. The lowest BCUT2D eigenvalue weighted by molar-refractivity contribution is -0.116. The standard InChI is InChI=1S/C23H33N5O3.HI/c1-6-30-19-10-9-18(14-20(19)31-7-2)17(4)27-23(24-5)25-13-12-22(29)28-21-11-8-16(3)15-26-21;/h8-11,14-15,17H,6-7,12-13H2,1-5H3,(H2,24,25,27)(H,26,28,29);1H. The van der Waals surface area contributed by atoms with Gasteiger partial charge in [-0.25, -0.2) is 4.98 Å². The quantitative estimate of drug-likeness (QED) is 0.233. The Labute approximate surface area is 207 Å². The van der Waals surface area contributed by atoms with Crippen LogP contribution in [0.15, 0.2) is 41.5 Å². The summed E-state index contributed by atoms with van der Waals surface area (Å²) in [7, 11) is 1.70. The number of ether oxygens (including phenoxy) is 2. The molecule has 9 heteroatoms. The van der Waals surface area contributed by atoms with Crippen molar-refractivity contribution in [2.24, 2.45) is 4.99 Å². The van der Waals surface area contributed by atoms with Crippen LogP contribution in [0.1, 0.15) is 44.4 Å². The Hall–Kier alpha value is -2.56. The van der Waals surface area contributed by atoms with E-state index in [9.17, 15) is 4.79 Å². The lowest BCUT2D eigenvalue weighted by atomic mass is 10.1. The number of benzene rings is 1. The molecule has 1 heterocycles. The van der Waals surface area contributed by atoms with Crippen molar-refractivity contribution in [3.8, 4) is 11.5 Å². The van der Waals surface area contributed by atoms with Gasteiger partial charge >= 0.3 is 0 Å². The van der Waals surface area contributed by atoms with Gasteiger partial charge in [-0.1, -0.05) is 12.1 Å². The molecule has 0 spiro atoms. The van der Waals surface area contributed by atoms with Crippen LogP contribution in [0.25, 0.3) is 0 Å². The van der Waals surface area contributed by atoms with Gasteiger partial charge in [-0.3, -0.25) is 9.79 Å². The van der Waals surface area contributed by atoms with Gasteiger partial charge < -0.3 is 25.4 Å². The minimum absolute atomic E-state index is 0. The highest BCUT2D eigenvalue weighted by atomic mass is 127. The van der Waals surface area contributed by atoms with Gasteiger partial charge in [0.2, 0.25) is 5.91 Å². The molecule has 0 saturated carbocycles. The summed E-state index contributed by atoms with van der Waals surface area (Å²) in [6, 6.07) is 9.57. The van der Waals surface area contributed by atoms with E-state index in [0.717, 1.165) is 22.6 Å². The van der Waals surface area contributed by atoms with E-state index in [0.29, 0.717) is 38.0 Å². The highest BCUT2D eigenvalue weighted by Crippen LogP contribution is 2.30. The molecule has 1 atom stereocenters. The Morgan fingerprint density at radius 2 is 1.84 bits per heavy atom. The van der Waals surface area contributed by atoms with Crippen LogP contribution < -0.4 is 25.4 Å². The summed E-state index contributed by atoms with van der Waals surface area (Å²) in [5, 5.41) is 9.29. The second-order valence-electron chi connectivity index (χ2n) is 6.96. The molecule has 0 radical (unpaired) electrons. The molecule has 1 aromatic carbocycles. The highest BCUT2D eigenvalue weighted by Gasteiger charge is 2.13. The van der Waals surface area contributed by atoms with Crippen molar-refractivity contribution < 1.29 is 14.3 Å². The number of aryl methyl sites for hydroxylation is 1. The Morgan fingerprint density at radius 1 is 1.12 bits per heavy atom. The van der Waals surface area contributed by atoms with Crippen LogP contribution >= 0.6 is 24.0 Å². The zero-order valence-corrected chi connectivity index (χ0v) is 21.7. The third kappa shape index (κ3) is 8.89. The lowest BCUT2D eigenvalue weighted by Crippen LogP contribution is -2.39. The normalized spacial score (nSPS) is 11.7. The number of hydrogen-bond acceptors (Lipinski definition) is 5. The molecule has 2 aromatic rings. The Bertz CT molecular complexity index is 874. The minimum Gasteiger partial charge on any atom is -0.490 e. The predicted molar refractivity (Wildman–Crippen MR) is 139 cm³/mol. The van der Waals surface area contributed by atoms with Crippen LogP contribution in [0.5, 0.6) is 11.5 Å². The number of nitrogens with one attached hydrogen (secondary N) is 3. The number of aromatic nitrogens is 1. The fourth-order valence-corrected chi connectivity index (χ4v) is 2.86. The second kappa shape index (κ2) is 14.5. The average molecular weight is 555 g/mol. The second-order valence-corrected chi connectivity index (χ2v) is 6.96. The van der Waals surface area contributed by atoms with Gasteiger partial charge in [-0.15, -0.1) is 24.0 Å². The number of nitrogens with zero attached hydrogens (tertiary/aromatic N) is 2. The van der Waals surface area contributed by atoms with E-state index >= 15 is 0 Å². The van der Waals surface area contributed by atoms with Gasteiger partial charge in [0, 0.05) is 26.2 Å². The van der Waals surface area contributed by atoms with Crippen molar-refractivity contribution in [2.75, 3.05) is 32.1 Å². The third-order valence-electron chi connectivity index (χ3n) is 4.47. The van der Waals surface area contributed by atoms with Crippen LogP contribution in [0.3, 0.4) is 0 Å². The van der Waals surface area contributed by atoms with E-state index in [1.807, 2.05) is 52.0 Å². The molecular formula is C23H34IN5O3. The number of rotatable bonds is 10. The molecule has 0 aliphatic carbocycles. The lowest BCUT2D eigenvalue weighted by Gasteiger charge is -2.20. The molecule has 3 N–H and O–H groups in total. The molecule has 1 amide bonds. The molecule has 176 valence electrons. The molecule has 0 bridgehead atoms. The molecule has 1 unspecified atom stereocenters. The molecule has 0 fully saturated rings. The van der Waals surface area contributed by atoms with Crippen LogP contribution in [0.4, 0.5) is 5.82 Å². The Morgan fingerprint density at radius 3 is 2.47 bits per heavy atom. The summed E-state index contributed by atoms with van der Waals surface area (Å²) in [6.07, 6.45) is 2.01. The molecule has 2 rings (SSSR count). The molecule has 0 aliphatic heterocycles. The number of hydrogen-bond donors (Lipinski definition) is 3. The highest BCUT2D eigenvalue weighted by molar-refractivity contribution is 14.0. The number of guanidine groups is 1. The van der Waals surface area contributed by atoms with Crippen molar-refractivity contribution in [2.45, 2.75) is 40.2 Å². The van der Waals surface area contributed by atoms with E-state index in [1.165, 1.54) is 0 Å². The van der Waals surface area contributed by atoms with E-state index in [4.69, 9.17) is 9.47 Å². The van der Waals surface area contributed by atoms with Gasteiger partial charge in [0.25, 0.3) is 0 Å². The predicted octanol–water partition coefficient (Wildman–Crippen LogP) is 4.06. The van der Waals surface area contributed by atoms with Gasteiger partial charge in [0.1, 0.15) is 5.82 Å². The maximum atomic E-state index is 12.1. The zero-order chi connectivity index (χ0) is 22.6. The fraction of sp³-hybridized carbons (Fsp3) is 0.435. The van der Waals surface area contributed by atoms with Gasteiger partial charge in [0.05, 0.1) is 19.3 Å². The van der Waals surface area contributed by atoms with Crippen molar-refractivity contribution in [3.05, 3.63) is 47.7 Å². The Balaban J connectivity index is 0.00000512. The fourth-order valence-electron chi connectivity index (χ4n) is 2.86. The van der Waals surface area contributed by atoms with E-state index < -0.39 is 0 Å². The topological polar surface area (TPSA) is 96.9 Å². The summed E-state index contributed by atoms with van der Waals surface area (Å²) in [5.74, 6) is 2.50. The van der Waals surface area contributed by atoms with Gasteiger partial charge in [0.15, 0.2) is 17.5 Å². The van der Waals surface area contributed by atoms with Gasteiger partial charge in [-0.2, -0.15) is 0 Å². The average Bonchev–Trinajstić information content (AvgIpc) is 2.76. The van der Waals surface area contributed by atoms with Crippen molar-refractivity contribution in [1.29, 1.82) is 0 Å². The molecule has 0 saturated heterocycles. The third-order valence-corrected chi connectivity index (χ3v) is 4.47. The van der Waals surface area contributed by atoms with Crippen LogP contribution in [0.2, 0.25) is 0 Å². The number of carbonyl (C=O) groups is 1. The maximum Gasteiger partial charge on any atom is 0.227 e. The molecular weight excluding hydrogens is 521 g/mol. The summed E-state index contributed by atoms with van der Waals surface area (Å²) in [5.41, 5.74) is 2.09. The molecule has 0 aliphatic rings. The smallest absolute Gasteiger partial charge is 0.227 e. The first kappa shape index (κ1) is 27.5. The summed E-state index contributed by atoms with van der Waals surface area (Å²) < 4.78 is 11.3. The summed E-state index contributed by atoms with van der Waals surface area (Å²) >= 11 is 0. The molecule has 8 nitrogen and oxygen atoms in total. The first-order valence-corrected chi connectivity index (χ1v) is 10.6. The number of anilines is 1. The monoisotopic (exact) mass is 555 g/mol. The first-order valence-electron chi connectivity index (χ1n) is 10.6. The van der Waals surface area contributed by atoms with Gasteiger partial charge in [-0.05, 0) is 57.0 Å². The SMILES string of the molecule is CCOc1ccc(C(C)NC(=NC)NCCC(=O)Nc2ccc(C)cn2)cc1OCC.I. The summed E-state index contributed by atoms with van der Waals surface area (Å²) in [6.45, 7) is 9.46. The van der Waals surface area contributed by atoms with Crippen molar-refractivity contribution in [1.82, 2.24) is 15.6 Å². The maximum absolute atomic E-state index is 12.1. The number of amides is 1. The van der Waals surface area contributed by atoms with Crippen molar-refractivity contribution in [3.63, 3.8) is 0 Å². The van der Waals surface area contributed by atoms with Crippen molar-refractivity contribution >= 4 is 41.7 Å². The van der Waals surface area contributed by atoms with E-state index in [-0.39, 0.29) is 35.9 Å². The molecule has 32 heavy (non-hydrogen) atoms. The minimum atomic E-state index is -0.111.